The maximum Gasteiger partial charge on any atom is 0.186 e. The topological polar surface area (TPSA) is 118 Å². The first kappa shape index (κ1) is 16.1. The Kier molecular flexibility index (Phi) is 4.98. The number of ether oxygens (including phenoxy) is 4. The van der Waals surface area contributed by atoms with Gasteiger partial charge in [0.15, 0.2) is 12.1 Å². The van der Waals surface area contributed by atoms with Crippen LogP contribution in [-0.4, -0.2) is 82.8 Å². The van der Waals surface area contributed by atoms with Crippen molar-refractivity contribution < 1.29 is 39.4 Å². The summed E-state index contributed by atoms with van der Waals surface area (Å²) >= 11 is 0. The molecule has 0 radical (unpaired) electrons. The molecule has 2 aliphatic heterocycles. The highest BCUT2D eigenvalue weighted by Crippen LogP contribution is 2.25. The minimum atomic E-state index is -1.44. The molecule has 0 saturated carbocycles. The van der Waals surface area contributed by atoms with Gasteiger partial charge in [0.1, 0.15) is 30.5 Å². The predicted molar refractivity (Wildman–Crippen MR) is 64.6 cm³/mol. The van der Waals surface area contributed by atoms with Gasteiger partial charge in [-0.05, 0) is 13.8 Å². The molecule has 0 unspecified atom stereocenters. The second-order valence-corrected chi connectivity index (χ2v) is 5.48. The van der Waals surface area contributed by atoms with E-state index in [1.165, 1.54) is 0 Å². The Morgan fingerprint density at radius 2 is 1.85 bits per heavy atom. The van der Waals surface area contributed by atoms with Crippen LogP contribution in [0.15, 0.2) is 0 Å². The van der Waals surface area contributed by atoms with Gasteiger partial charge in [-0.2, -0.15) is 0 Å². The molecule has 0 aromatic rings. The van der Waals surface area contributed by atoms with Crippen molar-refractivity contribution in [1.29, 1.82) is 0 Å². The Morgan fingerprint density at radius 1 is 1.15 bits per heavy atom. The highest BCUT2D eigenvalue weighted by molar-refractivity contribution is 4.89. The van der Waals surface area contributed by atoms with E-state index in [0.717, 1.165) is 0 Å². The van der Waals surface area contributed by atoms with Gasteiger partial charge >= 0.3 is 0 Å². The average Bonchev–Trinajstić information content (AvgIpc) is 2.75. The zero-order valence-corrected chi connectivity index (χ0v) is 11.5. The lowest BCUT2D eigenvalue weighted by Crippen LogP contribution is -2.59. The first-order valence-corrected chi connectivity index (χ1v) is 6.58. The minimum absolute atomic E-state index is 0.103. The van der Waals surface area contributed by atoms with Crippen LogP contribution in [0, 0.1) is 0 Å². The van der Waals surface area contributed by atoms with Crippen molar-refractivity contribution in [2.24, 2.45) is 0 Å². The molecule has 0 aliphatic carbocycles. The molecule has 0 aromatic carbocycles. The van der Waals surface area contributed by atoms with Crippen LogP contribution in [0.2, 0.25) is 0 Å². The van der Waals surface area contributed by atoms with E-state index in [9.17, 15) is 15.3 Å². The van der Waals surface area contributed by atoms with Gasteiger partial charge in [0.05, 0.1) is 19.8 Å². The Hall–Kier alpha value is -0.320. The molecule has 2 rings (SSSR count). The molecule has 0 amide bonds. The summed E-state index contributed by atoms with van der Waals surface area (Å²) < 4.78 is 21.5. The van der Waals surface area contributed by atoms with Crippen LogP contribution in [0.25, 0.3) is 0 Å². The summed E-state index contributed by atoms with van der Waals surface area (Å²) in [6.45, 7) is 3.53. The molecule has 2 heterocycles. The summed E-state index contributed by atoms with van der Waals surface area (Å²) in [5.41, 5.74) is 0. The average molecular weight is 294 g/mol. The fourth-order valence-electron chi connectivity index (χ4n) is 2.25. The molecule has 2 aliphatic rings. The van der Waals surface area contributed by atoms with E-state index in [1.807, 2.05) is 0 Å². The molecular formula is C12H22O8. The van der Waals surface area contributed by atoms with Crippen molar-refractivity contribution in [3.8, 4) is 0 Å². The Morgan fingerprint density at radius 3 is 2.40 bits per heavy atom. The lowest BCUT2D eigenvalue weighted by Gasteiger charge is -2.39. The van der Waals surface area contributed by atoms with Crippen LogP contribution in [0.4, 0.5) is 0 Å². The van der Waals surface area contributed by atoms with Gasteiger partial charge in [0.2, 0.25) is 0 Å². The molecule has 6 atom stereocenters. The van der Waals surface area contributed by atoms with E-state index >= 15 is 0 Å². The number of aliphatic hydroxyl groups excluding tert-OH is 4. The van der Waals surface area contributed by atoms with Crippen LogP contribution in [0.5, 0.6) is 0 Å². The first-order chi connectivity index (χ1) is 9.34. The number of hydrogen-bond donors (Lipinski definition) is 4. The SMILES string of the molecule is CC1(C)OC[C@H](CO[C@H]2O[C@H](CO)[C@@H](O)[C@H](O)[C@H]2O)O1. The van der Waals surface area contributed by atoms with Crippen molar-refractivity contribution in [1.82, 2.24) is 0 Å². The van der Waals surface area contributed by atoms with Gasteiger partial charge in [-0.15, -0.1) is 0 Å². The molecule has 20 heavy (non-hydrogen) atoms. The standard InChI is InChI=1S/C12H22O8/c1-12(2)18-5-6(20-12)4-17-11-10(16)9(15)8(14)7(3-13)19-11/h6-11,13-16H,3-5H2,1-2H3/t6-,7+,8+,9-,10+,11-/m0/s1. The number of aliphatic hydroxyl groups is 4. The molecule has 8 heteroatoms. The molecule has 8 nitrogen and oxygen atoms in total. The number of hydrogen-bond acceptors (Lipinski definition) is 8. The van der Waals surface area contributed by atoms with Crippen LogP contribution in [0.1, 0.15) is 13.8 Å². The van der Waals surface area contributed by atoms with Crippen molar-refractivity contribution in [3.63, 3.8) is 0 Å². The van der Waals surface area contributed by atoms with E-state index < -0.39 is 43.1 Å². The van der Waals surface area contributed by atoms with Crippen LogP contribution in [0.3, 0.4) is 0 Å². The summed E-state index contributed by atoms with van der Waals surface area (Å²) in [5, 5.41) is 38.1. The monoisotopic (exact) mass is 294 g/mol. The lowest BCUT2D eigenvalue weighted by molar-refractivity contribution is -0.305. The molecule has 0 spiro atoms. The van der Waals surface area contributed by atoms with Gasteiger partial charge in [-0.3, -0.25) is 0 Å². The Balaban J connectivity index is 1.86. The van der Waals surface area contributed by atoms with Gasteiger partial charge in [0.25, 0.3) is 0 Å². The second kappa shape index (κ2) is 6.20. The predicted octanol–water partition coefficient (Wildman–Crippen LogP) is -2.05. The highest BCUT2D eigenvalue weighted by atomic mass is 16.8. The first-order valence-electron chi connectivity index (χ1n) is 6.58. The second-order valence-electron chi connectivity index (χ2n) is 5.48. The van der Waals surface area contributed by atoms with Gasteiger partial charge in [-0.1, -0.05) is 0 Å². The van der Waals surface area contributed by atoms with E-state index in [-0.39, 0.29) is 12.7 Å². The van der Waals surface area contributed by atoms with Crippen molar-refractivity contribution in [3.05, 3.63) is 0 Å². The lowest BCUT2D eigenvalue weighted by atomic mass is 9.99. The smallest absolute Gasteiger partial charge is 0.186 e. The fourth-order valence-corrected chi connectivity index (χ4v) is 2.25. The third kappa shape index (κ3) is 3.46. The van der Waals surface area contributed by atoms with Gasteiger partial charge < -0.3 is 39.4 Å². The summed E-state index contributed by atoms with van der Waals surface area (Å²) in [7, 11) is 0. The molecule has 0 bridgehead atoms. The number of rotatable bonds is 4. The summed E-state index contributed by atoms with van der Waals surface area (Å²) in [6, 6.07) is 0. The fraction of sp³-hybridized carbons (Fsp3) is 1.00. The molecule has 118 valence electrons. The maximum atomic E-state index is 9.78. The maximum absolute atomic E-state index is 9.78. The zero-order chi connectivity index (χ0) is 14.9. The summed E-state index contributed by atoms with van der Waals surface area (Å²) in [5.74, 6) is -0.677. The van der Waals surface area contributed by atoms with Crippen LogP contribution >= 0.6 is 0 Å². The van der Waals surface area contributed by atoms with Crippen LogP contribution in [-0.2, 0) is 18.9 Å². The third-order valence-corrected chi connectivity index (χ3v) is 3.36. The van der Waals surface area contributed by atoms with Crippen molar-refractivity contribution in [2.75, 3.05) is 19.8 Å². The zero-order valence-electron chi connectivity index (χ0n) is 11.5. The van der Waals surface area contributed by atoms with E-state index in [1.54, 1.807) is 13.8 Å². The summed E-state index contributed by atoms with van der Waals surface area (Å²) in [6.07, 6.45) is -6.66. The van der Waals surface area contributed by atoms with Crippen LogP contribution < -0.4 is 0 Å². The molecule has 4 N–H and O–H groups in total. The molecule has 2 fully saturated rings. The third-order valence-electron chi connectivity index (χ3n) is 3.36. The quantitative estimate of drug-likeness (QED) is 0.468. The molecule has 0 aromatic heterocycles. The summed E-state index contributed by atoms with van der Waals surface area (Å²) in [4.78, 5) is 0. The van der Waals surface area contributed by atoms with Crippen molar-refractivity contribution in [2.45, 2.75) is 56.4 Å². The van der Waals surface area contributed by atoms with E-state index in [2.05, 4.69) is 0 Å². The minimum Gasteiger partial charge on any atom is -0.394 e. The Bertz CT molecular complexity index is 321. The van der Waals surface area contributed by atoms with Gasteiger partial charge in [-0.25, -0.2) is 0 Å². The Labute approximate surface area is 116 Å². The largest absolute Gasteiger partial charge is 0.394 e. The van der Waals surface area contributed by atoms with Crippen molar-refractivity contribution >= 4 is 0 Å². The van der Waals surface area contributed by atoms with E-state index in [4.69, 9.17) is 24.1 Å². The molecular weight excluding hydrogens is 272 g/mol. The van der Waals surface area contributed by atoms with Gasteiger partial charge in [0, 0.05) is 0 Å². The normalized spacial score (nSPS) is 44.7. The highest BCUT2D eigenvalue weighted by Gasteiger charge is 2.44. The molecule has 2 saturated heterocycles. The van der Waals surface area contributed by atoms with E-state index in [0.29, 0.717) is 6.61 Å².